The maximum atomic E-state index is 11.6. The van der Waals surface area contributed by atoms with Gasteiger partial charge in [0.25, 0.3) is 0 Å². The van der Waals surface area contributed by atoms with Gasteiger partial charge < -0.3 is 19.5 Å². The standard InChI is InChI=1S/C17H31NO4/c1-8-9-14(17(5,6)21-13-12-20-7)10-11-18-15(19)22-16(2,3)4/h8-9H,1,10-13H2,2-7H3,(H,18,19)/b14-9-. The summed E-state index contributed by atoms with van der Waals surface area (Å²) >= 11 is 0. The number of hydrogen-bond acceptors (Lipinski definition) is 4. The third kappa shape index (κ3) is 9.58. The van der Waals surface area contributed by atoms with E-state index in [0.717, 1.165) is 5.57 Å². The van der Waals surface area contributed by atoms with Crippen LogP contribution in [0, 0.1) is 0 Å². The van der Waals surface area contributed by atoms with E-state index in [1.54, 1.807) is 13.2 Å². The summed E-state index contributed by atoms with van der Waals surface area (Å²) in [7, 11) is 1.64. The predicted octanol–water partition coefficient (Wildman–Crippen LogP) is 3.46. The lowest BCUT2D eigenvalue weighted by atomic mass is 9.94. The molecule has 0 bridgehead atoms. The van der Waals surface area contributed by atoms with Crippen molar-refractivity contribution < 1.29 is 19.0 Å². The molecule has 0 heterocycles. The molecule has 0 fully saturated rings. The molecule has 0 saturated carbocycles. The Kier molecular flexibility index (Phi) is 9.06. The first kappa shape index (κ1) is 20.7. The Morgan fingerprint density at radius 1 is 1.18 bits per heavy atom. The highest BCUT2D eigenvalue weighted by Gasteiger charge is 2.23. The van der Waals surface area contributed by atoms with Gasteiger partial charge in [-0.15, -0.1) is 0 Å². The van der Waals surface area contributed by atoms with Gasteiger partial charge in [0.05, 0.1) is 18.8 Å². The fourth-order valence-electron chi connectivity index (χ4n) is 1.81. The van der Waals surface area contributed by atoms with Crippen LogP contribution in [0.5, 0.6) is 0 Å². The molecule has 128 valence electrons. The minimum atomic E-state index is -0.494. The molecule has 0 atom stereocenters. The Labute approximate surface area is 134 Å². The smallest absolute Gasteiger partial charge is 0.407 e. The molecule has 22 heavy (non-hydrogen) atoms. The Hall–Kier alpha value is -1.33. The minimum absolute atomic E-state index is 0.413. The predicted molar refractivity (Wildman–Crippen MR) is 89.0 cm³/mol. The van der Waals surface area contributed by atoms with Crippen molar-refractivity contribution in [2.24, 2.45) is 0 Å². The van der Waals surface area contributed by atoms with Crippen LogP contribution in [0.2, 0.25) is 0 Å². The maximum Gasteiger partial charge on any atom is 0.407 e. The number of methoxy groups -OCH3 is 1. The lowest BCUT2D eigenvalue weighted by Gasteiger charge is -2.29. The van der Waals surface area contributed by atoms with E-state index in [1.165, 1.54) is 0 Å². The van der Waals surface area contributed by atoms with Crippen molar-refractivity contribution in [2.75, 3.05) is 26.9 Å². The van der Waals surface area contributed by atoms with Gasteiger partial charge in [0.15, 0.2) is 0 Å². The molecule has 0 aromatic heterocycles. The van der Waals surface area contributed by atoms with Gasteiger partial charge in [0.1, 0.15) is 5.60 Å². The molecule has 1 N–H and O–H groups in total. The van der Waals surface area contributed by atoms with Crippen LogP contribution in [0.25, 0.3) is 0 Å². The van der Waals surface area contributed by atoms with E-state index in [0.29, 0.717) is 26.2 Å². The van der Waals surface area contributed by atoms with Crippen LogP contribution in [-0.2, 0) is 14.2 Å². The van der Waals surface area contributed by atoms with Crippen molar-refractivity contribution in [2.45, 2.75) is 52.2 Å². The maximum absolute atomic E-state index is 11.6. The third-order valence-corrected chi connectivity index (χ3v) is 2.91. The van der Waals surface area contributed by atoms with Crippen LogP contribution in [0.3, 0.4) is 0 Å². The van der Waals surface area contributed by atoms with Gasteiger partial charge in [-0.3, -0.25) is 0 Å². The highest BCUT2D eigenvalue weighted by atomic mass is 16.6. The van der Waals surface area contributed by atoms with Crippen LogP contribution in [-0.4, -0.2) is 44.2 Å². The van der Waals surface area contributed by atoms with Gasteiger partial charge in [0.2, 0.25) is 0 Å². The molecule has 0 unspecified atom stereocenters. The molecule has 0 spiro atoms. The molecular formula is C17H31NO4. The molecule has 0 aliphatic heterocycles. The van der Waals surface area contributed by atoms with Crippen LogP contribution in [0.1, 0.15) is 41.0 Å². The molecule has 0 aliphatic carbocycles. The van der Waals surface area contributed by atoms with Crippen molar-refractivity contribution in [1.29, 1.82) is 0 Å². The summed E-state index contributed by atoms with van der Waals surface area (Å²) in [5.41, 5.74) is 0.115. The van der Waals surface area contributed by atoms with Crippen molar-refractivity contribution in [3.63, 3.8) is 0 Å². The lowest BCUT2D eigenvalue weighted by molar-refractivity contribution is -0.0179. The normalized spacial score (nSPS) is 12.9. The van der Waals surface area contributed by atoms with Crippen molar-refractivity contribution in [1.82, 2.24) is 5.32 Å². The SMILES string of the molecule is C=C/C=C(/CCNC(=O)OC(C)(C)C)C(C)(C)OCCOC. The molecule has 5 nitrogen and oxygen atoms in total. The van der Waals surface area contributed by atoms with E-state index >= 15 is 0 Å². The topological polar surface area (TPSA) is 56.8 Å². The number of allylic oxidation sites excluding steroid dienone is 2. The highest BCUT2D eigenvalue weighted by Crippen LogP contribution is 2.23. The molecule has 0 aromatic rings. The monoisotopic (exact) mass is 313 g/mol. The van der Waals surface area contributed by atoms with E-state index in [9.17, 15) is 4.79 Å². The van der Waals surface area contributed by atoms with Crippen LogP contribution in [0.4, 0.5) is 4.79 Å². The number of amides is 1. The second-order valence-corrected chi connectivity index (χ2v) is 6.46. The fraction of sp³-hybridized carbons (Fsp3) is 0.706. The Bertz CT molecular complexity index is 381. The minimum Gasteiger partial charge on any atom is -0.444 e. The molecule has 0 radical (unpaired) electrons. The van der Waals surface area contributed by atoms with E-state index < -0.39 is 17.3 Å². The Morgan fingerprint density at radius 3 is 2.32 bits per heavy atom. The molecule has 0 aromatic carbocycles. The van der Waals surface area contributed by atoms with E-state index in [4.69, 9.17) is 14.2 Å². The summed E-state index contributed by atoms with van der Waals surface area (Å²) in [6, 6.07) is 0. The zero-order valence-corrected chi connectivity index (χ0v) is 14.8. The third-order valence-electron chi connectivity index (χ3n) is 2.91. The van der Waals surface area contributed by atoms with Crippen molar-refractivity contribution in [3.8, 4) is 0 Å². The largest absolute Gasteiger partial charge is 0.444 e. The second kappa shape index (κ2) is 9.64. The van der Waals surface area contributed by atoms with E-state index in [2.05, 4.69) is 11.9 Å². The molecule has 0 saturated heterocycles. The number of hydrogen-bond donors (Lipinski definition) is 1. The van der Waals surface area contributed by atoms with E-state index in [1.807, 2.05) is 40.7 Å². The number of nitrogens with one attached hydrogen (secondary N) is 1. The summed E-state index contributed by atoms with van der Waals surface area (Å²) in [5.74, 6) is 0. The van der Waals surface area contributed by atoms with Gasteiger partial charge in [0, 0.05) is 13.7 Å². The molecular weight excluding hydrogens is 282 g/mol. The van der Waals surface area contributed by atoms with Crippen molar-refractivity contribution >= 4 is 6.09 Å². The summed E-state index contributed by atoms with van der Waals surface area (Å²) < 4.78 is 16.0. The lowest BCUT2D eigenvalue weighted by Crippen LogP contribution is -2.35. The van der Waals surface area contributed by atoms with Crippen molar-refractivity contribution in [3.05, 3.63) is 24.3 Å². The van der Waals surface area contributed by atoms with Crippen LogP contribution >= 0.6 is 0 Å². The zero-order valence-electron chi connectivity index (χ0n) is 14.8. The molecule has 0 rings (SSSR count). The van der Waals surface area contributed by atoms with Gasteiger partial charge >= 0.3 is 6.09 Å². The first-order valence-corrected chi connectivity index (χ1v) is 7.54. The van der Waals surface area contributed by atoms with Gasteiger partial charge in [-0.25, -0.2) is 4.79 Å². The molecule has 5 heteroatoms. The van der Waals surface area contributed by atoms with Gasteiger partial charge in [-0.2, -0.15) is 0 Å². The number of rotatable bonds is 9. The molecule has 0 aliphatic rings. The number of ether oxygens (including phenoxy) is 3. The highest BCUT2D eigenvalue weighted by molar-refractivity contribution is 5.67. The van der Waals surface area contributed by atoms with Gasteiger partial charge in [-0.1, -0.05) is 18.7 Å². The zero-order chi connectivity index (χ0) is 17.2. The summed E-state index contributed by atoms with van der Waals surface area (Å²) in [6.45, 7) is 14.8. The number of carbonyl (C=O) groups excluding carboxylic acids is 1. The fourth-order valence-corrected chi connectivity index (χ4v) is 1.81. The summed E-state index contributed by atoms with van der Waals surface area (Å²) in [5, 5.41) is 2.75. The van der Waals surface area contributed by atoms with Gasteiger partial charge in [-0.05, 0) is 46.6 Å². The van der Waals surface area contributed by atoms with Crippen LogP contribution < -0.4 is 5.32 Å². The Balaban J connectivity index is 4.45. The second-order valence-electron chi connectivity index (χ2n) is 6.46. The number of carbonyl (C=O) groups is 1. The number of alkyl carbamates (subject to hydrolysis) is 1. The average Bonchev–Trinajstić information content (AvgIpc) is 2.35. The molecule has 1 amide bonds. The Morgan fingerprint density at radius 2 is 1.82 bits per heavy atom. The average molecular weight is 313 g/mol. The summed E-state index contributed by atoms with van der Waals surface area (Å²) in [6.07, 6.45) is 3.89. The first-order chi connectivity index (χ1) is 10.1. The quantitative estimate of drug-likeness (QED) is 0.523. The summed E-state index contributed by atoms with van der Waals surface area (Å²) in [4.78, 5) is 11.6. The van der Waals surface area contributed by atoms with E-state index in [-0.39, 0.29) is 0 Å². The van der Waals surface area contributed by atoms with Crippen LogP contribution in [0.15, 0.2) is 24.3 Å². The first-order valence-electron chi connectivity index (χ1n) is 7.54.